The molecular weight excluding hydrogens is 392 g/mol. The first-order chi connectivity index (χ1) is 15.0. The molecule has 0 radical (unpaired) electrons. The van der Waals surface area contributed by atoms with Crippen molar-refractivity contribution < 1.29 is 19.1 Å². The second kappa shape index (κ2) is 11.0. The molecule has 31 heavy (non-hydrogen) atoms. The SMILES string of the molecule is COc1ccc(C2(CNC(=O)C(=O)N[C@@H](C)CCc3ccccc3)CCOCC2)cc1. The third-order valence-electron chi connectivity index (χ3n) is 6.03. The molecule has 6 nitrogen and oxygen atoms in total. The molecule has 0 aromatic heterocycles. The van der Waals surface area contributed by atoms with Crippen molar-refractivity contribution in [3.8, 4) is 5.75 Å². The molecule has 2 N–H and O–H groups in total. The van der Waals surface area contributed by atoms with E-state index in [1.54, 1.807) is 7.11 Å². The van der Waals surface area contributed by atoms with Crippen LogP contribution in [-0.4, -0.2) is 44.7 Å². The van der Waals surface area contributed by atoms with Gasteiger partial charge in [-0.3, -0.25) is 9.59 Å². The van der Waals surface area contributed by atoms with Crippen LogP contribution in [0.25, 0.3) is 0 Å². The van der Waals surface area contributed by atoms with E-state index in [1.165, 1.54) is 5.56 Å². The van der Waals surface area contributed by atoms with E-state index < -0.39 is 11.8 Å². The molecule has 0 unspecified atom stereocenters. The normalized spacial score (nSPS) is 16.2. The van der Waals surface area contributed by atoms with Crippen LogP contribution in [0.15, 0.2) is 54.6 Å². The van der Waals surface area contributed by atoms with Crippen molar-refractivity contribution >= 4 is 11.8 Å². The zero-order valence-corrected chi connectivity index (χ0v) is 18.4. The monoisotopic (exact) mass is 424 g/mol. The first kappa shape index (κ1) is 22.8. The maximum atomic E-state index is 12.5. The van der Waals surface area contributed by atoms with Crippen LogP contribution in [0, 0.1) is 0 Å². The van der Waals surface area contributed by atoms with Gasteiger partial charge in [0.1, 0.15) is 5.75 Å². The molecule has 1 heterocycles. The topological polar surface area (TPSA) is 76.7 Å². The second-order valence-corrected chi connectivity index (χ2v) is 8.20. The molecule has 2 aromatic rings. The largest absolute Gasteiger partial charge is 0.497 e. The lowest BCUT2D eigenvalue weighted by molar-refractivity contribution is -0.139. The van der Waals surface area contributed by atoms with Crippen LogP contribution in [-0.2, 0) is 26.2 Å². The molecule has 0 aliphatic carbocycles. The fourth-order valence-electron chi connectivity index (χ4n) is 3.99. The van der Waals surface area contributed by atoms with E-state index in [-0.39, 0.29) is 11.5 Å². The van der Waals surface area contributed by atoms with Crippen molar-refractivity contribution in [3.63, 3.8) is 0 Å². The highest BCUT2D eigenvalue weighted by Gasteiger charge is 2.35. The molecule has 0 spiro atoms. The van der Waals surface area contributed by atoms with Gasteiger partial charge in [-0.25, -0.2) is 0 Å². The Hall–Kier alpha value is -2.86. The van der Waals surface area contributed by atoms with Crippen molar-refractivity contribution in [2.45, 2.75) is 44.1 Å². The van der Waals surface area contributed by atoms with Crippen molar-refractivity contribution in [2.24, 2.45) is 0 Å². The molecule has 1 fully saturated rings. The average molecular weight is 425 g/mol. The molecule has 0 bridgehead atoms. The molecule has 2 amide bonds. The van der Waals surface area contributed by atoms with Crippen molar-refractivity contribution in [3.05, 3.63) is 65.7 Å². The Balaban J connectivity index is 1.54. The summed E-state index contributed by atoms with van der Waals surface area (Å²) in [5, 5.41) is 5.67. The Bertz CT molecular complexity index is 846. The third kappa shape index (κ3) is 6.31. The third-order valence-corrected chi connectivity index (χ3v) is 6.03. The summed E-state index contributed by atoms with van der Waals surface area (Å²) < 4.78 is 10.8. The Labute approximate surface area is 184 Å². The highest BCUT2D eigenvalue weighted by Crippen LogP contribution is 2.35. The van der Waals surface area contributed by atoms with E-state index in [4.69, 9.17) is 9.47 Å². The minimum absolute atomic E-state index is 0.0860. The van der Waals surface area contributed by atoms with Crippen molar-refractivity contribution in [1.82, 2.24) is 10.6 Å². The number of carbonyl (C=O) groups is 2. The fourth-order valence-corrected chi connectivity index (χ4v) is 3.99. The van der Waals surface area contributed by atoms with Crippen LogP contribution in [0.2, 0.25) is 0 Å². The molecule has 1 saturated heterocycles. The predicted molar refractivity (Wildman–Crippen MR) is 120 cm³/mol. The molecule has 1 aliphatic rings. The van der Waals surface area contributed by atoms with Gasteiger partial charge >= 0.3 is 11.8 Å². The van der Waals surface area contributed by atoms with E-state index in [2.05, 4.69) is 22.8 Å². The number of amides is 2. The van der Waals surface area contributed by atoms with Gasteiger partial charge in [-0.2, -0.15) is 0 Å². The zero-order chi connectivity index (χ0) is 22.1. The Morgan fingerprint density at radius 2 is 1.71 bits per heavy atom. The summed E-state index contributed by atoms with van der Waals surface area (Å²) in [6.45, 7) is 3.58. The summed E-state index contributed by atoms with van der Waals surface area (Å²) in [6, 6.07) is 17.9. The molecular formula is C25H32N2O4. The predicted octanol–water partition coefficient (Wildman–Crippen LogP) is 3.00. The molecule has 2 aromatic carbocycles. The lowest BCUT2D eigenvalue weighted by Crippen LogP contribution is -2.49. The first-order valence-electron chi connectivity index (χ1n) is 10.9. The van der Waals surface area contributed by atoms with Crippen LogP contribution in [0.3, 0.4) is 0 Å². The molecule has 3 rings (SSSR count). The molecule has 6 heteroatoms. The van der Waals surface area contributed by atoms with E-state index >= 15 is 0 Å². The number of nitrogens with one attached hydrogen (secondary N) is 2. The van der Waals surface area contributed by atoms with Gasteiger partial charge in [-0.1, -0.05) is 42.5 Å². The van der Waals surface area contributed by atoms with Gasteiger partial charge in [-0.15, -0.1) is 0 Å². The van der Waals surface area contributed by atoms with Crippen LogP contribution in [0.5, 0.6) is 5.75 Å². The summed E-state index contributed by atoms with van der Waals surface area (Å²) in [5.41, 5.74) is 2.09. The fraction of sp³-hybridized carbons (Fsp3) is 0.440. The van der Waals surface area contributed by atoms with Gasteiger partial charge in [0, 0.05) is 31.2 Å². The van der Waals surface area contributed by atoms with E-state index in [1.807, 2.05) is 49.4 Å². The zero-order valence-electron chi connectivity index (χ0n) is 18.4. The number of carbonyl (C=O) groups excluding carboxylic acids is 2. The van der Waals surface area contributed by atoms with E-state index in [0.717, 1.165) is 37.0 Å². The van der Waals surface area contributed by atoms with Gasteiger partial charge in [0.25, 0.3) is 0 Å². The highest BCUT2D eigenvalue weighted by atomic mass is 16.5. The molecule has 1 atom stereocenters. The summed E-state index contributed by atoms with van der Waals surface area (Å²) in [7, 11) is 1.64. The standard InChI is InChI=1S/C25H32N2O4/c1-19(8-9-20-6-4-3-5-7-20)27-24(29)23(28)26-18-25(14-16-31-17-15-25)21-10-12-22(30-2)13-11-21/h3-7,10-13,19H,8-9,14-18H2,1-2H3,(H,26,28)(H,27,29)/t19-/m0/s1. The minimum Gasteiger partial charge on any atom is -0.497 e. The van der Waals surface area contributed by atoms with Crippen molar-refractivity contribution in [2.75, 3.05) is 26.9 Å². The maximum Gasteiger partial charge on any atom is 0.309 e. The Morgan fingerprint density at radius 3 is 2.35 bits per heavy atom. The van der Waals surface area contributed by atoms with Crippen LogP contribution in [0.1, 0.15) is 37.3 Å². The van der Waals surface area contributed by atoms with Crippen LogP contribution >= 0.6 is 0 Å². The molecule has 0 saturated carbocycles. The van der Waals surface area contributed by atoms with Crippen LogP contribution < -0.4 is 15.4 Å². The maximum absolute atomic E-state index is 12.5. The highest BCUT2D eigenvalue weighted by molar-refractivity contribution is 6.35. The van der Waals surface area contributed by atoms with E-state index in [9.17, 15) is 9.59 Å². The number of hydrogen-bond donors (Lipinski definition) is 2. The number of aryl methyl sites for hydroxylation is 1. The van der Waals surface area contributed by atoms with Gasteiger partial charge in [0.15, 0.2) is 0 Å². The molecule has 1 aliphatic heterocycles. The number of hydrogen-bond acceptors (Lipinski definition) is 4. The summed E-state index contributed by atoms with van der Waals surface area (Å²) in [5.74, 6) is -0.387. The van der Waals surface area contributed by atoms with Gasteiger partial charge in [-0.05, 0) is 55.9 Å². The Kier molecular flexibility index (Phi) is 8.06. The lowest BCUT2D eigenvalue weighted by atomic mass is 9.74. The van der Waals surface area contributed by atoms with Gasteiger partial charge < -0.3 is 20.1 Å². The van der Waals surface area contributed by atoms with Gasteiger partial charge in [0.2, 0.25) is 0 Å². The number of ether oxygens (including phenoxy) is 2. The van der Waals surface area contributed by atoms with Gasteiger partial charge in [0.05, 0.1) is 7.11 Å². The molecule has 166 valence electrons. The summed E-state index contributed by atoms with van der Waals surface area (Å²) in [6.07, 6.45) is 3.20. The average Bonchev–Trinajstić information content (AvgIpc) is 2.82. The van der Waals surface area contributed by atoms with Crippen molar-refractivity contribution in [1.29, 1.82) is 0 Å². The number of rotatable bonds is 8. The minimum atomic E-state index is -0.592. The summed E-state index contributed by atoms with van der Waals surface area (Å²) in [4.78, 5) is 24.9. The smallest absolute Gasteiger partial charge is 0.309 e. The van der Waals surface area contributed by atoms with Crippen LogP contribution in [0.4, 0.5) is 0 Å². The lowest BCUT2D eigenvalue weighted by Gasteiger charge is -2.38. The summed E-state index contributed by atoms with van der Waals surface area (Å²) >= 11 is 0. The quantitative estimate of drug-likeness (QED) is 0.639. The number of methoxy groups -OCH3 is 1. The Morgan fingerprint density at radius 1 is 1.03 bits per heavy atom. The van der Waals surface area contributed by atoms with E-state index in [0.29, 0.717) is 19.8 Å². The number of benzene rings is 2. The second-order valence-electron chi connectivity index (χ2n) is 8.20. The first-order valence-corrected chi connectivity index (χ1v) is 10.9.